The highest BCUT2D eigenvalue weighted by Crippen LogP contribution is 2.25. The van der Waals surface area contributed by atoms with Gasteiger partial charge in [0.05, 0.1) is 17.2 Å². The van der Waals surface area contributed by atoms with Gasteiger partial charge in [0.25, 0.3) is 11.8 Å². The van der Waals surface area contributed by atoms with Gasteiger partial charge in [0.15, 0.2) is 15.7 Å². The minimum Gasteiger partial charge on any atom is -0.337 e. The maximum atomic E-state index is 13.1. The predicted molar refractivity (Wildman–Crippen MR) is 102 cm³/mol. The van der Waals surface area contributed by atoms with Gasteiger partial charge in [-0.25, -0.2) is 13.4 Å². The van der Waals surface area contributed by atoms with Crippen molar-refractivity contribution in [2.24, 2.45) is 0 Å². The number of amides is 2. The van der Waals surface area contributed by atoms with Crippen molar-refractivity contribution in [3.8, 4) is 0 Å². The monoisotopic (exact) mass is 396 g/mol. The Morgan fingerprint density at radius 1 is 1.19 bits per heavy atom. The van der Waals surface area contributed by atoms with Crippen LogP contribution < -0.4 is 0 Å². The molecule has 0 spiro atoms. The molecule has 2 amide bonds. The van der Waals surface area contributed by atoms with E-state index in [1.807, 2.05) is 18.4 Å². The van der Waals surface area contributed by atoms with Gasteiger partial charge in [-0.3, -0.25) is 9.59 Å². The molecule has 0 aromatic carbocycles. The fourth-order valence-electron chi connectivity index (χ4n) is 3.94. The zero-order valence-corrected chi connectivity index (χ0v) is 17.1. The van der Waals surface area contributed by atoms with E-state index in [4.69, 9.17) is 0 Å². The number of rotatable bonds is 5. The first kappa shape index (κ1) is 19.9. The van der Waals surface area contributed by atoms with Gasteiger partial charge in [0.2, 0.25) is 0 Å². The Labute approximate surface area is 160 Å². The van der Waals surface area contributed by atoms with Gasteiger partial charge in [0, 0.05) is 32.7 Å². The lowest BCUT2D eigenvalue weighted by Crippen LogP contribution is -2.38. The van der Waals surface area contributed by atoms with Crippen LogP contribution in [0.1, 0.15) is 59.9 Å². The van der Waals surface area contributed by atoms with Crippen LogP contribution in [0, 0.1) is 0 Å². The fraction of sp³-hybridized carbons (Fsp3) is 0.722. The van der Waals surface area contributed by atoms with Gasteiger partial charge in [-0.2, -0.15) is 0 Å². The summed E-state index contributed by atoms with van der Waals surface area (Å²) in [6.07, 6.45) is 3.06. The van der Waals surface area contributed by atoms with Crippen molar-refractivity contribution in [3.05, 3.63) is 17.2 Å². The van der Waals surface area contributed by atoms with Crippen LogP contribution in [0.25, 0.3) is 0 Å². The standard InChI is InChI=1S/C18H28N4O4S/c1-4-21(5-2)18(24)16-19-15(14-8-6-7-10-22(14)16)17(23)20(3)13-9-11-27(25,26)12-13/h13H,4-12H2,1-3H3. The number of nitrogens with zero attached hydrogens (tertiary/aromatic N) is 4. The Morgan fingerprint density at radius 3 is 2.48 bits per heavy atom. The van der Waals surface area contributed by atoms with Crippen LogP contribution in [0.2, 0.25) is 0 Å². The minimum absolute atomic E-state index is 0.00346. The van der Waals surface area contributed by atoms with Crippen LogP contribution >= 0.6 is 0 Å². The van der Waals surface area contributed by atoms with Gasteiger partial charge in [-0.1, -0.05) is 0 Å². The second-order valence-corrected chi connectivity index (χ2v) is 9.52. The molecule has 0 aliphatic carbocycles. The molecule has 2 aliphatic heterocycles. The van der Waals surface area contributed by atoms with Gasteiger partial charge >= 0.3 is 0 Å². The maximum absolute atomic E-state index is 13.1. The first-order chi connectivity index (χ1) is 12.8. The quantitative estimate of drug-likeness (QED) is 0.739. The summed E-state index contributed by atoms with van der Waals surface area (Å²) < 4.78 is 25.4. The zero-order chi connectivity index (χ0) is 19.8. The normalized spacial score (nSPS) is 20.9. The lowest BCUT2D eigenvalue weighted by atomic mass is 10.1. The lowest BCUT2D eigenvalue weighted by Gasteiger charge is -2.24. The molecule has 0 N–H and O–H groups in total. The molecule has 0 radical (unpaired) electrons. The smallest absolute Gasteiger partial charge is 0.289 e. The Bertz CT molecular complexity index is 842. The molecule has 1 unspecified atom stereocenters. The van der Waals surface area contributed by atoms with Crippen molar-refractivity contribution < 1.29 is 18.0 Å². The molecule has 8 nitrogen and oxygen atoms in total. The SMILES string of the molecule is CCN(CC)C(=O)c1nc(C(=O)N(C)C2CCS(=O)(=O)C2)c2n1CCCC2. The van der Waals surface area contributed by atoms with Crippen molar-refractivity contribution in [2.75, 3.05) is 31.6 Å². The third kappa shape index (κ3) is 3.74. The topological polar surface area (TPSA) is 92.6 Å². The number of aromatic nitrogens is 2. The highest BCUT2D eigenvalue weighted by molar-refractivity contribution is 7.91. The second-order valence-electron chi connectivity index (χ2n) is 7.29. The summed E-state index contributed by atoms with van der Waals surface area (Å²) in [5, 5.41) is 0. The highest BCUT2D eigenvalue weighted by Gasteiger charge is 2.36. The summed E-state index contributed by atoms with van der Waals surface area (Å²) in [7, 11) is -1.45. The molecule has 1 aromatic rings. The van der Waals surface area contributed by atoms with Crippen LogP contribution in [0.5, 0.6) is 0 Å². The molecular formula is C18H28N4O4S. The van der Waals surface area contributed by atoms with Gasteiger partial charge in [0.1, 0.15) is 5.69 Å². The third-order valence-corrected chi connectivity index (χ3v) is 7.39. The molecule has 1 saturated heterocycles. The average molecular weight is 397 g/mol. The number of hydrogen-bond acceptors (Lipinski definition) is 5. The van der Waals surface area contributed by atoms with E-state index < -0.39 is 9.84 Å². The van der Waals surface area contributed by atoms with Gasteiger partial charge in [-0.05, 0) is 39.5 Å². The molecule has 1 atom stereocenters. The Hall–Kier alpha value is -1.90. The van der Waals surface area contributed by atoms with E-state index in [2.05, 4.69) is 4.98 Å². The molecule has 0 bridgehead atoms. The minimum atomic E-state index is -3.08. The second kappa shape index (κ2) is 7.61. The summed E-state index contributed by atoms with van der Waals surface area (Å²) in [4.78, 5) is 33.6. The number of carbonyl (C=O) groups excluding carboxylic acids is 2. The van der Waals surface area contributed by atoms with Crippen LogP contribution in [0.4, 0.5) is 0 Å². The fourth-order valence-corrected chi connectivity index (χ4v) is 5.72. The molecule has 2 aliphatic rings. The van der Waals surface area contributed by atoms with Crippen LogP contribution in [0.15, 0.2) is 0 Å². The maximum Gasteiger partial charge on any atom is 0.289 e. The van der Waals surface area contributed by atoms with E-state index in [-0.39, 0.29) is 29.4 Å². The van der Waals surface area contributed by atoms with Crippen LogP contribution in [-0.4, -0.2) is 77.3 Å². The van der Waals surface area contributed by atoms with E-state index >= 15 is 0 Å². The summed E-state index contributed by atoms with van der Waals surface area (Å²) in [6.45, 7) is 5.68. The number of carbonyl (C=O) groups is 2. The Morgan fingerprint density at radius 2 is 1.89 bits per heavy atom. The highest BCUT2D eigenvalue weighted by atomic mass is 32.2. The molecule has 27 heavy (non-hydrogen) atoms. The van der Waals surface area contributed by atoms with Crippen LogP contribution in [0.3, 0.4) is 0 Å². The molecule has 0 saturated carbocycles. The van der Waals surface area contributed by atoms with Crippen LogP contribution in [-0.2, 0) is 22.8 Å². The summed E-state index contributed by atoms with van der Waals surface area (Å²) in [6, 6.07) is -0.328. The number of fused-ring (bicyclic) bond motifs is 1. The van der Waals surface area contributed by atoms with Crippen molar-refractivity contribution in [3.63, 3.8) is 0 Å². The Balaban J connectivity index is 1.93. The molecule has 9 heteroatoms. The molecule has 1 aromatic heterocycles. The molecule has 3 rings (SSSR count). The predicted octanol–water partition coefficient (Wildman–Crippen LogP) is 0.961. The first-order valence-electron chi connectivity index (χ1n) is 9.65. The summed E-state index contributed by atoms with van der Waals surface area (Å²) >= 11 is 0. The number of hydrogen-bond donors (Lipinski definition) is 0. The van der Waals surface area contributed by atoms with Gasteiger partial charge < -0.3 is 14.4 Å². The van der Waals surface area contributed by atoms with E-state index in [9.17, 15) is 18.0 Å². The molecule has 150 valence electrons. The van der Waals surface area contributed by atoms with Crippen molar-refractivity contribution >= 4 is 21.7 Å². The van der Waals surface area contributed by atoms with Crippen molar-refractivity contribution in [1.29, 1.82) is 0 Å². The van der Waals surface area contributed by atoms with Crippen molar-refractivity contribution in [2.45, 2.75) is 52.1 Å². The average Bonchev–Trinajstić information content (AvgIpc) is 3.21. The van der Waals surface area contributed by atoms with E-state index in [0.717, 1.165) is 18.5 Å². The van der Waals surface area contributed by atoms with Gasteiger partial charge in [-0.15, -0.1) is 0 Å². The first-order valence-corrected chi connectivity index (χ1v) is 11.5. The van der Waals surface area contributed by atoms with E-state index in [1.165, 1.54) is 4.90 Å². The zero-order valence-electron chi connectivity index (χ0n) is 16.3. The third-order valence-electron chi connectivity index (χ3n) is 5.64. The lowest BCUT2D eigenvalue weighted by molar-refractivity contribution is 0.0740. The largest absolute Gasteiger partial charge is 0.337 e. The summed E-state index contributed by atoms with van der Waals surface area (Å²) in [5.74, 6) is -0.0162. The van der Waals surface area contributed by atoms with Crippen molar-refractivity contribution in [1.82, 2.24) is 19.4 Å². The molecule has 1 fully saturated rings. The van der Waals surface area contributed by atoms with E-state index in [0.29, 0.717) is 44.0 Å². The number of imidazole rings is 1. The summed E-state index contributed by atoms with van der Waals surface area (Å²) in [5.41, 5.74) is 1.10. The molecular weight excluding hydrogens is 368 g/mol. The Kier molecular flexibility index (Phi) is 5.60. The van der Waals surface area contributed by atoms with E-state index in [1.54, 1.807) is 11.9 Å². The molecule has 3 heterocycles. The number of sulfone groups is 1.